The Hall–Kier alpha value is -3.45. The average molecular weight is 645 g/mol. The van der Waals surface area contributed by atoms with Gasteiger partial charge in [-0.25, -0.2) is 14.4 Å². The maximum absolute atomic E-state index is 14.2. The van der Waals surface area contributed by atoms with Crippen molar-refractivity contribution in [3.63, 3.8) is 0 Å². The number of hydrogen-bond donors (Lipinski definition) is 3. The monoisotopic (exact) mass is 644 g/mol. The maximum Gasteiger partial charge on any atom is 0.363 e. The predicted octanol–water partition coefficient (Wildman–Crippen LogP) is 3.17. The van der Waals surface area contributed by atoms with E-state index in [0.29, 0.717) is 40.9 Å². The smallest absolute Gasteiger partial charge is 0.362 e. The third-order valence-electron chi connectivity index (χ3n) is 8.79. The van der Waals surface area contributed by atoms with Crippen LogP contribution < -0.4 is 10.2 Å². The zero-order chi connectivity index (χ0) is 31.3. The second-order valence-electron chi connectivity index (χ2n) is 11.9. The van der Waals surface area contributed by atoms with Crippen molar-refractivity contribution in [3.8, 4) is 0 Å². The highest BCUT2D eigenvalue weighted by molar-refractivity contribution is 7.51. The molecule has 0 radical (unpaired) electrons. The summed E-state index contributed by atoms with van der Waals surface area (Å²) in [6.07, 6.45) is 6.55. The number of nitrogens with zero attached hydrogens (tertiary/aromatic N) is 5. The number of anilines is 1. The summed E-state index contributed by atoms with van der Waals surface area (Å²) < 4.78 is 26.2. The van der Waals surface area contributed by atoms with Crippen LogP contribution in [0.4, 0.5) is 10.2 Å². The molecule has 3 aliphatic rings. The second-order valence-corrected chi connectivity index (χ2v) is 14.6. The number of halogens is 1. The third kappa shape index (κ3) is 5.71. The van der Waals surface area contributed by atoms with E-state index in [0.717, 1.165) is 42.0 Å². The molecule has 2 aromatic heterocycles. The molecule has 3 saturated heterocycles. The Morgan fingerprint density at radius 2 is 1.93 bits per heavy atom. The number of aromatic nitrogens is 2. The summed E-state index contributed by atoms with van der Waals surface area (Å²) in [6, 6.07) is 4.24. The van der Waals surface area contributed by atoms with Crippen LogP contribution in [-0.4, -0.2) is 92.6 Å². The van der Waals surface area contributed by atoms with Crippen LogP contribution in [0.1, 0.15) is 64.7 Å². The van der Waals surface area contributed by atoms with Gasteiger partial charge in [0.05, 0.1) is 4.88 Å². The number of benzene rings is 1. The zero-order valence-corrected chi connectivity index (χ0v) is 26.0. The van der Waals surface area contributed by atoms with Gasteiger partial charge in [-0.05, 0) is 61.3 Å². The number of alkyl halides is 1. The average Bonchev–Trinajstić information content (AvgIpc) is 3.55. The molecule has 0 spiro atoms. The lowest BCUT2D eigenvalue weighted by atomic mass is 9.91. The van der Waals surface area contributed by atoms with Crippen molar-refractivity contribution in [1.29, 1.82) is 0 Å². The van der Waals surface area contributed by atoms with Crippen molar-refractivity contribution in [2.75, 3.05) is 32.1 Å². The van der Waals surface area contributed by atoms with Crippen LogP contribution in [0.5, 0.6) is 0 Å². The summed E-state index contributed by atoms with van der Waals surface area (Å²) >= 11 is 1.14. The highest BCUT2D eigenvalue weighted by Gasteiger charge is 2.48. The van der Waals surface area contributed by atoms with Gasteiger partial charge < -0.3 is 29.8 Å². The van der Waals surface area contributed by atoms with E-state index in [2.05, 4.69) is 15.3 Å². The number of likely N-dealkylation sites (tertiary alicyclic amines) is 1. The molecule has 3 fully saturated rings. The lowest BCUT2D eigenvalue weighted by Gasteiger charge is -2.43. The minimum atomic E-state index is -4.97. The summed E-state index contributed by atoms with van der Waals surface area (Å²) in [5.74, 6) is -2.31. The van der Waals surface area contributed by atoms with Gasteiger partial charge in [-0.1, -0.05) is 6.07 Å². The largest absolute Gasteiger partial charge is 0.363 e. The first-order valence-corrected chi connectivity index (χ1v) is 17.0. The summed E-state index contributed by atoms with van der Waals surface area (Å²) in [5, 5.41) is 3.33. The van der Waals surface area contributed by atoms with Crippen molar-refractivity contribution >= 4 is 52.6 Å². The summed E-state index contributed by atoms with van der Waals surface area (Å²) in [4.78, 5) is 73.4. The fourth-order valence-corrected chi connectivity index (χ4v) is 8.04. The van der Waals surface area contributed by atoms with Crippen LogP contribution in [0.2, 0.25) is 0 Å². The molecule has 1 aromatic carbocycles. The van der Waals surface area contributed by atoms with Gasteiger partial charge in [0.25, 0.3) is 5.91 Å². The molecule has 0 aliphatic carbocycles. The van der Waals surface area contributed by atoms with Gasteiger partial charge >= 0.3 is 7.60 Å². The topological polar surface area (TPSA) is 156 Å². The van der Waals surface area contributed by atoms with Crippen LogP contribution in [0.3, 0.4) is 0 Å². The first-order chi connectivity index (χ1) is 20.9. The molecular weight excluding hydrogens is 610 g/mol. The lowest BCUT2D eigenvalue weighted by Crippen LogP contribution is -2.58. The van der Waals surface area contributed by atoms with Crippen LogP contribution in [0.15, 0.2) is 36.8 Å². The van der Waals surface area contributed by atoms with Gasteiger partial charge in [0.2, 0.25) is 17.7 Å². The Bertz CT molecular complexity index is 1660. The van der Waals surface area contributed by atoms with Gasteiger partial charge in [0.15, 0.2) is 0 Å². The Balaban J connectivity index is 1.13. The molecule has 234 valence electrons. The zero-order valence-electron chi connectivity index (χ0n) is 24.3. The number of thiophene rings is 1. The number of rotatable bonds is 7. The number of hydrogen-bond acceptors (Lipinski definition) is 8. The van der Waals surface area contributed by atoms with Crippen molar-refractivity contribution in [2.24, 2.45) is 0 Å². The normalized spacial score (nSPS) is 23.2. The van der Waals surface area contributed by atoms with E-state index in [-0.39, 0.29) is 29.3 Å². The van der Waals surface area contributed by atoms with Gasteiger partial charge in [-0.2, -0.15) is 0 Å². The van der Waals surface area contributed by atoms with E-state index < -0.39 is 31.5 Å². The van der Waals surface area contributed by atoms with Crippen molar-refractivity contribution in [3.05, 3.63) is 52.8 Å². The lowest BCUT2D eigenvalue weighted by molar-refractivity contribution is -0.148. The molecule has 12 nitrogen and oxygen atoms in total. The SMILES string of the molecule is CN(C)c1ncncc1C1CN(C(=O)[C@@H]2CC[C@@H]3CCC[C@H](NC(=O)c4cc5cc([C@H](F)P(=O)(O)O)ccc5s4)C(=O)N32)C1. The maximum atomic E-state index is 14.2. The fourth-order valence-electron chi connectivity index (χ4n) is 6.54. The molecule has 3 amide bonds. The fraction of sp³-hybridized carbons (Fsp3) is 0.483. The second kappa shape index (κ2) is 11.8. The molecule has 0 saturated carbocycles. The van der Waals surface area contributed by atoms with E-state index in [4.69, 9.17) is 0 Å². The van der Waals surface area contributed by atoms with E-state index in [9.17, 15) is 33.1 Å². The molecule has 3 N–H and O–H groups in total. The molecule has 0 bridgehead atoms. The minimum absolute atomic E-state index is 0.0521. The van der Waals surface area contributed by atoms with Crippen molar-refractivity contribution < 1.29 is 33.1 Å². The molecule has 3 aromatic rings. The van der Waals surface area contributed by atoms with Crippen LogP contribution in [0, 0.1) is 0 Å². The van der Waals surface area contributed by atoms with E-state index >= 15 is 0 Å². The number of carbonyl (C=O) groups excluding carboxylic acids is 3. The third-order valence-corrected chi connectivity index (χ3v) is 10.8. The van der Waals surface area contributed by atoms with Gasteiger partial charge in [-0.15, -0.1) is 11.3 Å². The Morgan fingerprint density at radius 3 is 2.66 bits per heavy atom. The van der Waals surface area contributed by atoms with E-state index in [1.54, 1.807) is 16.0 Å². The minimum Gasteiger partial charge on any atom is -0.362 e. The first kappa shape index (κ1) is 30.6. The molecule has 5 heterocycles. The Labute approximate surface area is 257 Å². The highest BCUT2D eigenvalue weighted by Crippen LogP contribution is 2.53. The quantitative estimate of drug-likeness (QED) is 0.329. The summed E-state index contributed by atoms with van der Waals surface area (Å²) in [5.41, 5.74) is 0.817. The first-order valence-electron chi connectivity index (χ1n) is 14.5. The molecule has 6 rings (SSSR count). The standard InChI is InChI=1S/C29H34FN6O6PS/c1-34(2)26-20(12-31-15-32-26)18-13-35(14-18)29(39)22-8-7-19-4-3-5-21(28(38)36(19)22)33-27(37)24-11-17-10-16(6-9-23(17)44-24)25(30)43(40,41)42/h6,9-12,15,18-19,21-22,25H,3-5,7-8,13-14H2,1-2H3,(H,33,37)(H2,40,41,42)/t19-,21-,22-,25+/m0/s1. The molecule has 44 heavy (non-hydrogen) atoms. The van der Waals surface area contributed by atoms with Crippen LogP contribution in [0.25, 0.3) is 10.1 Å². The molecule has 0 unspecified atom stereocenters. The van der Waals surface area contributed by atoms with Gasteiger partial charge in [-0.3, -0.25) is 18.9 Å². The van der Waals surface area contributed by atoms with E-state index in [1.165, 1.54) is 30.6 Å². The summed E-state index contributed by atoms with van der Waals surface area (Å²) in [7, 11) is -1.14. The van der Waals surface area contributed by atoms with Crippen LogP contribution >= 0.6 is 18.9 Å². The highest BCUT2D eigenvalue weighted by atomic mass is 32.1. The van der Waals surface area contributed by atoms with Crippen molar-refractivity contribution in [2.45, 2.75) is 62.1 Å². The molecule has 3 aliphatic heterocycles. The van der Waals surface area contributed by atoms with E-state index in [1.807, 2.05) is 19.0 Å². The molecular formula is C29H34FN6O6PS. The van der Waals surface area contributed by atoms with Crippen molar-refractivity contribution in [1.82, 2.24) is 25.1 Å². The van der Waals surface area contributed by atoms with Crippen LogP contribution in [-0.2, 0) is 14.2 Å². The summed E-state index contributed by atoms with van der Waals surface area (Å²) in [6.45, 7) is 1.06. The number of amides is 3. The number of carbonyl (C=O) groups is 3. The van der Waals surface area contributed by atoms with Gasteiger partial charge in [0, 0.05) is 55.6 Å². The van der Waals surface area contributed by atoms with Gasteiger partial charge in [0.1, 0.15) is 24.2 Å². The number of nitrogens with one attached hydrogen (secondary N) is 1. The molecule has 4 atom stereocenters. The predicted molar refractivity (Wildman–Crippen MR) is 162 cm³/mol. The Morgan fingerprint density at radius 1 is 1.16 bits per heavy atom. The molecule has 15 heteroatoms. The Kier molecular flexibility index (Phi) is 8.20. The number of fused-ring (bicyclic) bond motifs is 2.